The molecular weight excluding hydrogens is 451 g/mol. The summed E-state index contributed by atoms with van der Waals surface area (Å²) in [6.07, 6.45) is 2.90. The molecule has 2 aromatic rings. The van der Waals surface area contributed by atoms with Gasteiger partial charge >= 0.3 is 6.03 Å². The highest BCUT2D eigenvalue weighted by Gasteiger charge is 2.29. The summed E-state index contributed by atoms with van der Waals surface area (Å²) in [5.74, 6) is -0.197. The maximum Gasteiger partial charge on any atom is 0.316 e. The molecule has 0 saturated carbocycles. The standard InChI is InChI=1S/C23H26ClFN4O4/c1-33-21-10-16(20(11-19(21)24)27-23(26)32)4-7-22(31)29-9-8-28(13-18(29)14-30)12-15-2-5-17(25)6-3-15/h2-7,10-11,18,30H,8-9,12-14H2,1H3,(H3,26,27,32). The predicted molar refractivity (Wildman–Crippen MR) is 125 cm³/mol. The number of aliphatic hydroxyl groups excluding tert-OH is 1. The van der Waals surface area contributed by atoms with Gasteiger partial charge in [-0.3, -0.25) is 9.69 Å². The highest BCUT2D eigenvalue weighted by Crippen LogP contribution is 2.32. The van der Waals surface area contributed by atoms with E-state index in [0.29, 0.717) is 43.2 Å². The smallest absolute Gasteiger partial charge is 0.316 e. The molecule has 3 rings (SSSR count). The Morgan fingerprint density at radius 2 is 2.03 bits per heavy atom. The second-order valence-corrected chi connectivity index (χ2v) is 8.03. The van der Waals surface area contributed by atoms with Crippen molar-refractivity contribution in [3.63, 3.8) is 0 Å². The predicted octanol–water partition coefficient (Wildman–Crippen LogP) is 2.70. The van der Waals surface area contributed by atoms with E-state index in [1.165, 1.54) is 37.5 Å². The van der Waals surface area contributed by atoms with Gasteiger partial charge in [-0.15, -0.1) is 0 Å². The number of rotatable bonds is 7. The van der Waals surface area contributed by atoms with Crippen LogP contribution in [0, 0.1) is 5.82 Å². The average Bonchev–Trinajstić information content (AvgIpc) is 2.79. The number of aliphatic hydroxyl groups is 1. The fourth-order valence-corrected chi connectivity index (χ4v) is 3.96. The minimum atomic E-state index is -0.769. The molecule has 0 spiro atoms. The first-order valence-corrected chi connectivity index (χ1v) is 10.7. The summed E-state index contributed by atoms with van der Waals surface area (Å²) in [6, 6.07) is 8.19. The normalized spacial score (nSPS) is 16.7. The summed E-state index contributed by atoms with van der Waals surface area (Å²) < 4.78 is 18.3. The Labute approximate surface area is 196 Å². The number of nitrogens with one attached hydrogen (secondary N) is 1. The van der Waals surface area contributed by atoms with Gasteiger partial charge in [0.15, 0.2) is 0 Å². The van der Waals surface area contributed by atoms with Crippen molar-refractivity contribution in [1.29, 1.82) is 0 Å². The molecule has 2 aromatic carbocycles. The monoisotopic (exact) mass is 476 g/mol. The van der Waals surface area contributed by atoms with Gasteiger partial charge in [0.05, 0.1) is 30.5 Å². The Morgan fingerprint density at radius 1 is 1.30 bits per heavy atom. The Hall–Kier alpha value is -3.14. The summed E-state index contributed by atoms with van der Waals surface area (Å²) in [5, 5.41) is 12.6. The number of anilines is 1. The summed E-state index contributed by atoms with van der Waals surface area (Å²) >= 11 is 6.12. The third-order valence-electron chi connectivity index (χ3n) is 5.37. The van der Waals surface area contributed by atoms with Gasteiger partial charge in [-0.25, -0.2) is 9.18 Å². The number of benzene rings is 2. The number of carbonyl (C=O) groups excluding carboxylic acids is 2. The molecule has 1 heterocycles. The average molecular weight is 477 g/mol. The number of piperazine rings is 1. The zero-order valence-corrected chi connectivity index (χ0v) is 18.9. The second-order valence-electron chi connectivity index (χ2n) is 7.63. The molecule has 176 valence electrons. The molecule has 1 atom stereocenters. The SMILES string of the molecule is COc1cc(C=CC(=O)N2CCN(Cc3ccc(F)cc3)CC2CO)c(NC(N)=O)cc1Cl. The summed E-state index contributed by atoms with van der Waals surface area (Å²) in [5.41, 5.74) is 7.00. The number of nitrogens with zero attached hydrogens (tertiary/aromatic N) is 2. The molecule has 8 nitrogen and oxygen atoms in total. The molecule has 1 unspecified atom stereocenters. The van der Waals surface area contributed by atoms with E-state index in [0.717, 1.165) is 5.56 Å². The lowest BCUT2D eigenvalue weighted by Crippen LogP contribution is -2.55. The second kappa shape index (κ2) is 11.1. The number of hydrogen-bond acceptors (Lipinski definition) is 5. The van der Waals surface area contributed by atoms with Gasteiger partial charge in [0, 0.05) is 37.8 Å². The number of hydrogen-bond donors (Lipinski definition) is 3. The van der Waals surface area contributed by atoms with Gasteiger partial charge in [0.25, 0.3) is 0 Å². The molecule has 3 amide bonds. The number of methoxy groups -OCH3 is 1. The molecule has 1 aliphatic rings. The Balaban J connectivity index is 1.70. The fourth-order valence-electron chi connectivity index (χ4n) is 3.72. The summed E-state index contributed by atoms with van der Waals surface area (Å²) in [6.45, 7) is 1.92. The van der Waals surface area contributed by atoms with Crippen LogP contribution < -0.4 is 15.8 Å². The van der Waals surface area contributed by atoms with E-state index in [1.807, 2.05) is 0 Å². The number of primary amides is 1. The molecule has 0 aromatic heterocycles. The number of nitrogens with two attached hydrogens (primary N) is 1. The van der Waals surface area contributed by atoms with E-state index in [4.69, 9.17) is 22.1 Å². The molecule has 0 bridgehead atoms. The Morgan fingerprint density at radius 3 is 2.67 bits per heavy atom. The first kappa shape index (κ1) is 24.5. The minimum Gasteiger partial charge on any atom is -0.495 e. The van der Waals surface area contributed by atoms with Gasteiger partial charge in [-0.2, -0.15) is 0 Å². The van der Waals surface area contributed by atoms with Crippen molar-refractivity contribution in [2.24, 2.45) is 5.73 Å². The number of ether oxygens (including phenoxy) is 1. The lowest BCUT2D eigenvalue weighted by Gasteiger charge is -2.40. The lowest BCUT2D eigenvalue weighted by molar-refractivity contribution is -0.132. The molecular formula is C23H26ClFN4O4. The third kappa shape index (κ3) is 6.44. The zero-order valence-electron chi connectivity index (χ0n) is 18.1. The lowest BCUT2D eigenvalue weighted by atomic mass is 10.1. The van der Waals surface area contributed by atoms with Gasteiger partial charge in [0.2, 0.25) is 5.91 Å². The molecule has 1 fully saturated rings. The molecule has 0 radical (unpaired) electrons. The van der Waals surface area contributed by atoms with Crippen molar-refractivity contribution in [3.8, 4) is 5.75 Å². The molecule has 0 aliphatic carbocycles. The third-order valence-corrected chi connectivity index (χ3v) is 5.66. The molecule has 33 heavy (non-hydrogen) atoms. The van der Waals surface area contributed by atoms with E-state index >= 15 is 0 Å². The van der Waals surface area contributed by atoms with Crippen molar-refractivity contribution in [1.82, 2.24) is 9.80 Å². The number of urea groups is 1. The van der Waals surface area contributed by atoms with Crippen LogP contribution in [0.3, 0.4) is 0 Å². The maximum atomic E-state index is 13.1. The zero-order chi connectivity index (χ0) is 24.0. The number of halogens is 2. The largest absolute Gasteiger partial charge is 0.495 e. The van der Waals surface area contributed by atoms with Gasteiger partial charge < -0.3 is 25.8 Å². The molecule has 1 aliphatic heterocycles. The van der Waals surface area contributed by atoms with E-state index in [-0.39, 0.29) is 29.4 Å². The number of amides is 3. The van der Waals surface area contributed by atoms with Crippen LogP contribution in [0.15, 0.2) is 42.5 Å². The van der Waals surface area contributed by atoms with Gasteiger partial charge in [0.1, 0.15) is 11.6 Å². The molecule has 1 saturated heterocycles. The Kier molecular flexibility index (Phi) is 8.26. The van der Waals surface area contributed by atoms with Crippen LogP contribution in [0.2, 0.25) is 5.02 Å². The maximum absolute atomic E-state index is 13.1. The van der Waals surface area contributed by atoms with E-state index in [2.05, 4.69) is 10.2 Å². The highest BCUT2D eigenvalue weighted by molar-refractivity contribution is 6.32. The van der Waals surface area contributed by atoms with Crippen molar-refractivity contribution in [2.45, 2.75) is 12.6 Å². The minimum absolute atomic E-state index is 0.192. The van der Waals surface area contributed by atoms with Crippen molar-refractivity contribution in [3.05, 3.63) is 64.4 Å². The van der Waals surface area contributed by atoms with Crippen molar-refractivity contribution in [2.75, 3.05) is 38.7 Å². The number of carbonyl (C=O) groups is 2. The van der Waals surface area contributed by atoms with Crippen LogP contribution in [0.1, 0.15) is 11.1 Å². The van der Waals surface area contributed by atoms with Crippen LogP contribution in [0.4, 0.5) is 14.9 Å². The summed E-state index contributed by atoms with van der Waals surface area (Å²) in [4.78, 5) is 27.9. The fraction of sp³-hybridized carbons (Fsp3) is 0.304. The molecule has 10 heteroatoms. The van der Waals surface area contributed by atoms with Crippen LogP contribution in [0.25, 0.3) is 6.08 Å². The first-order valence-electron chi connectivity index (χ1n) is 10.3. The van der Waals surface area contributed by atoms with E-state index < -0.39 is 6.03 Å². The quantitative estimate of drug-likeness (QED) is 0.532. The van der Waals surface area contributed by atoms with Crippen LogP contribution in [-0.2, 0) is 11.3 Å². The molecule has 4 N–H and O–H groups in total. The van der Waals surface area contributed by atoms with Gasteiger partial charge in [-0.1, -0.05) is 23.7 Å². The van der Waals surface area contributed by atoms with Gasteiger partial charge in [-0.05, 0) is 35.9 Å². The van der Waals surface area contributed by atoms with Crippen LogP contribution >= 0.6 is 11.6 Å². The highest BCUT2D eigenvalue weighted by atomic mass is 35.5. The first-order chi connectivity index (χ1) is 15.8. The topological polar surface area (TPSA) is 108 Å². The van der Waals surface area contributed by atoms with Crippen LogP contribution in [-0.4, -0.2) is 66.2 Å². The van der Waals surface area contributed by atoms with Crippen LogP contribution in [0.5, 0.6) is 5.75 Å². The Bertz CT molecular complexity index is 1030. The van der Waals surface area contributed by atoms with Crippen molar-refractivity contribution >= 4 is 35.3 Å². The van der Waals surface area contributed by atoms with E-state index in [9.17, 15) is 19.1 Å². The van der Waals surface area contributed by atoms with E-state index in [1.54, 1.807) is 23.1 Å². The summed E-state index contributed by atoms with van der Waals surface area (Å²) in [7, 11) is 1.46. The van der Waals surface area contributed by atoms with Crippen molar-refractivity contribution < 1.29 is 23.8 Å².